The van der Waals surface area contributed by atoms with Crippen molar-refractivity contribution in [2.75, 3.05) is 0 Å². The molecule has 2 aliphatic rings. The zero-order valence-corrected chi connectivity index (χ0v) is 11.1. The predicted molar refractivity (Wildman–Crippen MR) is 64.0 cm³/mol. The SMILES string of the molecule is O=C(c1cc(C(F)(F)F)cc(C(F)(F)F)c1)N1C2CCCC21. The minimum Gasteiger partial charge on any atom is -0.329 e. The number of hydrogen-bond acceptors (Lipinski definition) is 1. The molecule has 2 fully saturated rings. The van der Waals surface area contributed by atoms with Gasteiger partial charge in [0.05, 0.1) is 23.2 Å². The second kappa shape index (κ2) is 4.63. The van der Waals surface area contributed by atoms with Crippen LogP contribution in [-0.2, 0) is 12.4 Å². The Balaban J connectivity index is 1.98. The van der Waals surface area contributed by atoms with Crippen molar-refractivity contribution in [2.24, 2.45) is 0 Å². The average Bonchev–Trinajstić information content (AvgIpc) is 2.87. The summed E-state index contributed by atoms with van der Waals surface area (Å²) in [6.45, 7) is 0. The van der Waals surface area contributed by atoms with E-state index in [1.165, 1.54) is 4.90 Å². The lowest BCUT2D eigenvalue weighted by Crippen LogP contribution is -2.20. The lowest BCUT2D eigenvalue weighted by Gasteiger charge is -2.15. The van der Waals surface area contributed by atoms with Gasteiger partial charge in [-0.05, 0) is 37.5 Å². The summed E-state index contributed by atoms with van der Waals surface area (Å²) in [5, 5.41) is 0. The number of carbonyl (C=O) groups is 1. The van der Waals surface area contributed by atoms with Gasteiger partial charge in [0.25, 0.3) is 5.91 Å². The number of benzene rings is 1. The van der Waals surface area contributed by atoms with Crippen molar-refractivity contribution in [3.05, 3.63) is 34.9 Å². The molecule has 1 aliphatic heterocycles. The number of piperidine rings is 1. The summed E-state index contributed by atoms with van der Waals surface area (Å²) < 4.78 is 76.5. The number of halogens is 6. The van der Waals surface area contributed by atoms with E-state index in [-0.39, 0.29) is 18.2 Å². The molecule has 2 unspecified atom stereocenters. The molecule has 1 aromatic rings. The van der Waals surface area contributed by atoms with Crippen LogP contribution in [0.15, 0.2) is 18.2 Å². The van der Waals surface area contributed by atoms with E-state index >= 15 is 0 Å². The lowest BCUT2D eigenvalue weighted by atomic mass is 10.0. The molecule has 1 saturated heterocycles. The highest BCUT2D eigenvalue weighted by atomic mass is 19.4. The second-order valence-corrected chi connectivity index (χ2v) is 5.57. The molecule has 1 aromatic carbocycles. The fraction of sp³-hybridized carbons (Fsp3) is 0.500. The number of carbonyl (C=O) groups excluding carboxylic acids is 1. The van der Waals surface area contributed by atoms with Gasteiger partial charge in [0, 0.05) is 5.56 Å². The number of alkyl halides is 6. The van der Waals surface area contributed by atoms with E-state index in [1.807, 2.05) is 0 Å². The zero-order chi connectivity index (χ0) is 16.3. The van der Waals surface area contributed by atoms with Crippen molar-refractivity contribution in [3.63, 3.8) is 0 Å². The fourth-order valence-electron chi connectivity index (χ4n) is 3.06. The minimum atomic E-state index is -4.94. The highest BCUT2D eigenvalue weighted by Gasteiger charge is 2.53. The number of rotatable bonds is 1. The molecule has 1 saturated carbocycles. The van der Waals surface area contributed by atoms with Crippen LogP contribution in [0.25, 0.3) is 0 Å². The minimum absolute atomic E-state index is 0.0276. The third-order valence-electron chi connectivity index (χ3n) is 4.14. The van der Waals surface area contributed by atoms with E-state index in [9.17, 15) is 31.1 Å². The maximum atomic E-state index is 12.8. The molecule has 0 aromatic heterocycles. The van der Waals surface area contributed by atoms with E-state index in [1.54, 1.807) is 0 Å². The van der Waals surface area contributed by atoms with Crippen LogP contribution >= 0.6 is 0 Å². The van der Waals surface area contributed by atoms with Gasteiger partial charge < -0.3 is 4.90 Å². The van der Waals surface area contributed by atoms with Gasteiger partial charge in [-0.25, -0.2) is 0 Å². The molecule has 120 valence electrons. The first-order chi connectivity index (χ1) is 10.1. The van der Waals surface area contributed by atoms with Gasteiger partial charge in [0.15, 0.2) is 0 Å². The van der Waals surface area contributed by atoms with Crippen molar-refractivity contribution >= 4 is 5.91 Å². The molecule has 0 N–H and O–H groups in total. The summed E-state index contributed by atoms with van der Waals surface area (Å²) in [5.74, 6) is -0.758. The van der Waals surface area contributed by atoms with E-state index in [0.717, 1.165) is 19.3 Å². The van der Waals surface area contributed by atoms with Gasteiger partial charge in [0.1, 0.15) is 0 Å². The number of amides is 1. The van der Waals surface area contributed by atoms with Gasteiger partial charge in [-0.3, -0.25) is 4.79 Å². The summed E-state index contributed by atoms with van der Waals surface area (Å²) >= 11 is 0. The van der Waals surface area contributed by atoms with E-state index in [4.69, 9.17) is 0 Å². The number of likely N-dealkylation sites (tertiary alicyclic amines) is 1. The van der Waals surface area contributed by atoms with Gasteiger partial charge in [0.2, 0.25) is 0 Å². The molecule has 2 atom stereocenters. The lowest BCUT2D eigenvalue weighted by molar-refractivity contribution is -0.143. The average molecular weight is 323 g/mol. The summed E-state index contributed by atoms with van der Waals surface area (Å²) in [6, 6.07) is 0.949. The molecule has 8 heteroatoms. The van der Waals surface area contributed by atoms with Crippen molar-refractivity contribution in [1.29, 1.82) is 0 Å². The number of nitrogens with zero attached hydrogens (tertiary/aromatic N) is 1. The first-order valence-corrected chi connectivity index (χ1v) is 6.71. The smallest absolute Gasteiger partial charge is 0.329 e. The third kappa shape index (κ3) is 2.55. The zero-order valence-electron chi connectivity index (χ0n) is 11.1. The van der Waals surface area contributed by atoms with Crippen LogP contribution in [0.5, 0.6) is 0 Å². The monoisotopic (exact) mass is 323 g/mol. The van der Waals surface area contributed by atoms with Crippen molar-refractivity contribution in [2.45, 2.75) is 43.7 Å². The van der Waals surface area contributed by atoms with Crippen LogP contribution in [0.1, 0.15) is 40.7 Å². The fourth-order valence-corrected chi connectivity index (χ4v) is 3.06. The Morgan fingerprint density at radius 3 is 1.77 bits per heavy atom. The highest BCUT2D eigenvalue weighted by molar-refractivity contribution is 5.97. The summed E-state index contributed by atoms with van der Waals surface area (Å²) in [5.41, 5.74) is -3.48. The predicted octanol–water partition coefficient (Wildman–Crippen LogP) is 4.10. The Hall–Kier alpha value is -1.73. The summed E-state index contributed by atoms with van der Waals surface area (Å²) in [6.07, 6.45) is -7.45. The highest BCUT2D eigenvalue weighted by Crippen LogP contribution is 2.44. The van der Waals surface area contributed by atoms with Crippen LogP contribution in [0, 0.1) is 0 Å². The van der Waals surface area contributed by atoms with Gasteiger partial charge in [-0.1, -0.05) is 0 Å². The molecular weight excluding hydrogens is 312 g/mol. The van der Waals surface area contributed by atoms with Crippen molar-refractivity contribution in [3.8, 4) is 0 Å². The quantitative estimate of drug-likeness (QED) is 0.563. The third-order valence-corrected chi connectivity index (χ3v) is 4.14. The summed E-state index contributed by atoms with van der Waals surface area (Å²) in [4.78, 5) is 13.5. The number of fused-ring (bicyclic) bond motifs is 1. The van der Waals surface area contributed by atoms with Crippen LogP contribution in [0.4, 0.5) is 26.3 Å². The standard InChI is InChI=1S/C14H11F6NO/c15-13(16,17)8-4-7(5-9(6-8)14(18,19)20)12(22)21-10-2-1-3-11(10)21/h4-6,10-11H,1-3H2. The first-order valence-electron chi connectivity index (χ1n) is 6.71. The molecule has 1 amide bonds. The normalized spacial score (nSPS) is 24.4. The Labute approximate surface area is 121 Å². The maximum Gasteiger partial charge on any atom is 0.416 e. The molecular formula is C14H11F6NO. The first kappa shape index (κ1) is 15.2. The van der Waals surface area contributed by atoms with Crippen molar-refractivity contribution < 1.29 is 31.1 Å². The maximum absolute atomic E-state index is 12.8. The van der Waals surface area contributed by atoms with E-state index in [0.29, 0.717) is 12.1 Å². The van der Waals surface area contributed by atoms with E-state index < -0.39 is 35.0 Å². The van der Waals surface area contributed by atoms with Crippen molar-refractivity contribution in [1.82, 2.24) is 4.90 Å². The molecule has 1 aliphatic carbocycles. The Kier molecular flexibility index (Phi) is 3.19. The van der Waals surface area contributed by atoms with Crippen LogP contribution < -0.4 is 0 Å². The number of hydrogen-bond donors (Lipinski definition) is 0. The molecule has 0 spiro atoms. The van der Waals surface area contributed by atoms with Gasteiger partial charge in [-0.2, -0.15) is 26.3 Å². The Morgan fingerprint density at radius 2 is 1.36 bits per heavy atom. The van der Waals surface area contributed by atoms with Gasteiger partial charge >= 0.3 is 12.4 Å². The topological polar surface area (TPSA) is 20.1 Å². The molecule has 3 rings (SSSR count). The second-order valence-electron chi connectivity index (χ2n) is 5.57. The van der Waals surface area contributed by atoms with Crippen LogP contribution in [0.2, 0.25) is 0 Å². The molecule has 0 bridgehead atoms. The summed E-state index contributed by atoms with van der Waals surface area (Å²) in [7, 11) is 0. The molecule has 2 nitrogen and oxygen atoms in total. The Bertz CT molecular complexity index is 578. The molecule has 22 heavy (non-hydrogen) atoms. The van der Waals surface area contributed by atoms with E-state index in [2.05, 4.69) is 0 Å². The molecule has 0 radical (unpaired) electrons. The largest absolute Gasteiger partial charge is 0.416 e. The molecule has 1 heterocycles. The van der Waals surface area contributed by atoms with Crippen LogP contribution in [0.3, 0.4) is 0 Å². The van der Waals surface area contributed by atoms with Gasteiger partial charge in [-0.15, -0.1) is 0 Å². The van der Waals surface area contributed by atoms with Crippen LogP contribution in [-0.4, -0.2) is 22.9 Å². The Morgan fingerprint density at radius 1 is 0.909 bits per heavy atom.